The molecule has 0 aliphatic carbocycles. The average molecular weight is 384 g/mol. The maximum Gasteiger partial charge on any atom is 0.163 e. The summed E-state index contributed by atoms with van der Waals surface area (Å²) >= 11 is 0. The summed E-state index contributed by atoms with van der Waals surface area (Å²) in [5.41, 5.74) is 4.33. The van der Waals surface area contributed by atoms with Crippen LogP contribution >= 0.6 is 0 Å². The van der Waals surface area contributed by atoms with Gasteiger partial charge in [0.05, 0.1) is 17.4 Å². The molecule has 0 saturated heterocycles. The molecule has 5 nitrogen and oxygen atoms in total. The number of para-hydroxylation sites is 1. The van der Waals surface area contributed by atoms with Gasteiger partial charge in [0.15, 0.2) is 6.10 Å². The normalized spacial score (nSPS) is 18.1. The van der Waals surface area contributed by atoms with Crippen LogP contribution in [0.5, 0.6) is 11.5 Å². The number of aliphatic hydroxyl groups is 1. The van der Waals surface area contributed by atoms with Crippen molar-refractivity contribution in [3.8, 4) is 22.8 Å². The molecule has 29 heavy (non-hydrogen) atoms. The van der Waals surface area contributed by atoms with Gasteiger partial charge in [-0.25, -0.2) is 4.98 Å². The van der Waals surface area contributed by atoms with Crippen LogP contribution < -0.4 is 9.47 Å². The van der Waals surface area contributed by atoms with Gasteiger partial charge < -0.3 is 14.6 Å². The summed E-state index contributed by atoms with van der Waals surface area (Å²) in [6.07, 6.45) is 0.347. The standard InChI is InChI=1S/C24H20N2O3/c1-15-6-9-18(13-25-15)29-23-14-28-22-11-8-17(12-19(22)24(23)27)21-10-7-16-4-2-3-5-20(16)26-21/h2-13,23-24,27H,14H2,1H3/t23-,24-/m1/s1. The summed E-state index contributed by atoms with van der Waals surface area (Å²) in [7, 11) is 0. The van der Waals surface area contributed by atoms with E-state index in [1.165, 1.54) is 0 Å². The van der Waals surface area contributed by atoms with Crippen molar-refractivity contribution in [3.05, 3.63) is 84.2 Å². The van der Waals surface area contributed by atoms with Crippen LogP contribution in [0.3, 0.4) is 0 Å². The summed E-state index contributed by atoms with van der Waals surface area (Å²) < 4.78 is 11.8. The third-order valence-electron chi connectivity index (χ3n) is 5.15. The molecule has 4 aromatic rings. The zero-order valence-electron chi connectivity index (χ0n) is 15.9. The minimum Gasteiger partial charge on any atom is -0.489 e. The molecule has 0 unspecified atom stereocenters. The molecule has 0 radical (unpaired) electrons. The molecule has 3 heterocycles. The zero-order chi connectivity index (χ0) is 19.8. The Morgan fingerprint density at radius 2 is 1.93 bits per heavy atom. The van der Waals surface area contributed by atoms with Crippen LogP contribution in [-0.2, 0) is 0 Å². The van der Waals surface area contributed by atoms with Crippen molar-refractivity contribution >= 4 is 10.9 Å². The average Bonchev–Trinajstić information content (AvgIpc) is 2.77. The first-order chi connectivity index (χ1) is 14.2. The van der Waals surface area contributed by atoms with Gasteiger partial charge in [-0.2, -0.15) is 0 Å². The number of hydrogen-bond donors (Lipinski definition) is 1. The first-order valence-corrected chi connectivity index (χ1v) is 9.58. The Labute approximate surface area is 168 Å². The topological polar surface area (TPSA) is 64.5 Å². The van der Waals surface area contributed by atoms with Crippen molar-refractivity contribution in [2.24, 2.45) is 0 Å². The highest BCUT2D eigenvalue weighted by atomic mass is 16.5. The molecule has 2 aromatic heterocycles. The second-order valence-corrected chi connectivity index (χ2v) is 7.19. The Balaban J connectivity index is 1.45. The van der Waals surface area contributed by atoms with Crippen LogP contribution in [0.2, 0.25) is 0 Å². The maximum absolute atomic E-state index is 10.9. The Bertz CT molecular complexity index is 1170. The molecule has 1 N–H and O–H groups in total. The SMILES string of the molecule is Cc1ccc(O[C@@H]2COc3ccc(-c4ccc5ccccc5n4)cc3[C@H]2O)cn1. The van der Waals surface area contributed by atoms with Gasteiger partial charge >= 0.3 is 0 Å². The molecule has 0 bridgehead atoms. The predicted octanol–water partition coefficient (Wildman–Crippen LogP) is 4.48. The largest absolute Gasteiger partial charge is 0.489 e. The van der Waals surface area contributed by atoms with Crippen LogP contribution in [0.25, 0.3) is 22.2 Å². The molecule has 0 fully saturated rings. The molecule has 5 heteroatoms. The van der Waals surface area contributed by atoms with Gasteiger partial charge in [0.1, 0.15) is 24.2 Å². The monoisotopic (exact) mass is 384 g/mol. The van der Waals surface area contributed by atoms with E-state index in [9.17, 15) is 5.11 Å². The van der Waals surface area contributed by atoms with Gasteiger partial charge in [0.2, 0.25) is 0 Å². The first-order valence-electron chi connectivity index (χ1n) is 9.58. The summed E-state index contributed by atoms with van der Waals surface area (Å²) in [4.78, 5) is 8.99. The number of hydrogen-bond acceptors (Lipinski definition) is 5. The van der Waals surface area contributed by atoms with E-state index < -0.39 is 12.2 Å². The highest BCUT2D eigenvalue weighted by molar-refractivity contribution is 5.81. The summed E-state index contributed by atoms with van der Waals surface area (Å²) in [5.74, 6) is 1.28. The molecule has 0 spiro atoms. The van der Waals surface area contributed by atoms with E-state index in [4.69, 9.17) is 14.5 Å². The fraction of sp³-hybridized carbons (Fsp3) is 0.167. The van der Waals surface area contributed by atoms with Crippen LogP contribution in [0.4, 0.5) is 0 Å². The Morgan fingerprint density at radius 3 is 2.79 bits per heavy atom. The number of aryl methyl sites for hydroxylation is 1. The number of fused-ring (bicyclic) bond motifs is 2. The number of benzene rings is 2. The maximum atomic E-state index is 10.9. The molecule has 1 aliphatic rings. The van der Waals surface area contributed by atoms with E-state index >= 15 is 0 Å². The summed E-state index contributed by atoms with van der Waals surface area (Å²) in [6.45, 7) is 2.19. The van der Waals surface area contributed by atoms with Crippen molar-refractivity contribution in [2.75, 3.05) is 6.61 Å². The smallest absolute Gasteiger partial charge is 0.163 e. The van der Waals surface area contributed by atoms with Gasteiger partial charge in [-0.1, -0.05) is 24.3 Å². The number of aromatic nitrogens is 2. The third kappa shape index (κ3) is 3.41. The molecule has 0 amide bonds. The van der Waals surface area contributed by atoms with Crippen LogP contribution in [0.15, 0.2) is 72.9 Å². The van der Waals surface area contributed by atoms with E-state index in [1.54, 1.807) is 6.20 Å². The number of pyridine rings is 2. The van der Waals surface area contributed by atoms with Gasteiger partial charge in [-0.05, 0) is 49.4 Å². The van der Waals surface area contributed by atoms with E-state index in [0.717, 1.165) is 27.9 Å². The Hall–Kier alpha value is -3.44. The lowest BCUT2D eigenvalue weighted by Crippen LogP contribution is -2.35. The van der Waals surface area contributed by atoms with E-state index in [2.05, 4.69) is 11.1 Å². The number of aliphatic hydroxyl groups excluding tert-OH is 1. The lowest BCUT2D eigenvalue weighted by Gasteiger charge is -2.30. The summed E-state index contributed by atoms with van der Waals surface area (Å²) in [6, 6.07) is 21.6. The van der Waals surface area contributed by atoms with E-state index in [0.29, 0.717) is 17.1 Å². The molecule has 144 valence electrons. The first kappa shape index (κ1) is 17.6. The number of rotatable bonds is 3. The number of nitrogens with zero attached hydrogens (tertiary/aromatic N) is 2. The van der Waals surface area contributed by atoms with Gasteiger partial charge in [-0.3, -0.25) is 4.98 Å². The Kier molecular flexibility index (Phi) is 4.37. The quantitative estimate of drug-likeness (QED) is 0.564. The van der Waals surface area contributed by atoms with Crippen LogP contribution in [-0.4, -0.2) is 27.8 Å². The lowest BCUT2D eigenvalue weighted by atomic mass is 9.97. The van der Waals surface area contributed by atoms with Gasteiger partial charge in [0, 0.05) is 22.2 Å². The fourth-order valence-corrected chi connectivity index (χ4v) is 3.56. The number of ether oxygens (including phenoxy) is 2. The van der Waals surface area contributed by atoms with Crippen molar-refractivity contribution < 1.29 is 14.6 Å². The van der Waals surface area contributed by atoms with Gasteiger partial charge in [0.25, 0.3) is 0 Å². The van der Waals surface area contributed by atoms with Crippen molar-refractivity contribution in [1.29, 1.82) is 0 Å². The molecular formula is C24H20N2O3. The molecular weight excluding hydrogens is 364 g/mol. The highest BCUT2D eigenvalue weighted by Gasteiger charge is 2.31. The second kappa shape index (κ2) is 7.18. The van der Waals surface area contributed by atoms with Crippen molar-refractivity contribution in [3.63, 3.8) is 0 Å². The highest BCUT2D eigenvalue weighted by Crippen LogP contribution is 2.36. The van der Waals surface area contributed by atoms with E-state index in [1.807, 2.05) is 67.6 Å². The second-order valence-electron chi connectivity index (χ2n) is 7.19. The third-order valence-corrected chi connectivity index (χ3v) is 5.15. The van der Waals surface area contributed by atoms with Gasteiger partial charge in [-0.15, -0.1) is 0 Å². The Morgan fingerprint density at radius 1 is 1.03 bits per heavy atom. The minimum atomic E-state index is -0.805. The van der Waals surface area contributed by atoms with Crippen LogP contribution in [0.1, 0.15) is 17.4 Å². The van der Waals surface area contributed by atoms with Crippen molar-refractivity contribution in [2.45, 2.75) is 19.1 Å². The molecule has 0 saturated carbocycles. The predicted molar refractivity (Wildman–Crippen MR) is 111 cm³/mol. The zero-order valence-corrected chi connectivity index (χ0v) is 15.9. The molecule has 2 aromatic carbocycles. The van der Waals surface area contributed by atoms with Crippen molar-refractivity contribution in [1.82, 2.24) is 9.97 Å². The van der Waals surface area contributed by atoms with E-state index in [-0.39, 0.29) is 6.61 Å². The fourth-order valence-electron chi connectivity index (χ4n) is 3.56. The summed E-state index contributed by atoms with van der Waals surface area (Å²) in [5, 5.41) is 12.0. The lowest BCUT2D eigenvalue weighted by molar-refractivity contribution is -0.0104. The molecule has 5 rings (SSSR count). The molecule has 2 atom stereocenters. The minimum absolute atomic E-state index is 0.273. The molecule has 1 aliphatic heterocycles. The van der Waals surface area contributed by atoms with Crippen LogP contribution in [0, 0.1) is 6.92 Å².